The zero-order valence-corrected chi connectivity index (χ0v) is 71.7. The molecule has 0 heterocycles. The van der Waals surface area contributed by atoms with Crippen molar-refractivity contribution in [2.45, 2.75) is 328 Å². The highest BCUT2D eigenvalue weighted by Crippen LogP contribution is 2.37. The van der Waals surface area contributed by atoms with E-state index in [1.807, 2.05) is 65.6 Å². The molecule has 18 nitrogen and oxygen atoms in total. The van der Waals surface area contributed by atoms with Crippen molar-refractivity contribution in [1.82, 2.24) is 31.9 Å². The number of carbonyl (C=O) groups excluding carboxylic acids is 7. The highest BCUT2D eigenvalue weighted by molar-refractivity contribution is 5.98. The van der Waals surface area contributed by atoms with E-state index in [-0.39, 0.29) is 60.1 Å². The van der Waals surface area contributed by atoms with Crippen LogP contribution in [0.1, 0.15) is 344 Å². The van der Waals surface area contributed by atoms with Crippen molar-refractivity contribution < 1.29 is 57.2 Å². The van der Waals surface area contributed by atoms with Gasteiger partial charge in [0, 0.05) is 53.6 Å². The summed E-state index contributed by atoms with van der Waals surface area (Å²) in [6, 6.07) is 13.0. The van der Waals surface area contributed by atoms with Gasteiger partial charge in [0.25, 0.3) is 0 Å². The minimum Gasteiger partial charge on any atom is -0.493 e. The van der Waals surface area contributed by atoms with E-state index in [0.717, 1.165) is 200 Å². The number of benzene rings is 3. The van der Waals surface area contributed by atoms with E-state index in [9.17, 15) is 33.6 Å². The van der Waals surface area contributed by atoms with Crippen molar-refractivity contribution in [3.63, 3.8) is 0 Å². The van der Waals surface area contributed by atoms with Crippen molar-refractivity contribution in [1.29, 1.82) is 0 Å². The highest BCUT2D eigenvalue weighted by atomic mass is 16.5. The summed E-state index contributed by atoms with van der Waals surface area (Å²) in [5.41, 5.74) is 5.28. The smallest absolute Gasteiger partial charge is 0.163 e. The molecule has 0 fully saturated rings. The fourth-order valence-electron chi connectivity index (χ4n) is 11.5. The Morgan fingerprint density at radius 1 is 0.398 bits per heavy atom. The number of hydrogen-bond acceptors (Lipinski definition) is 18. The van der Waals surface area contributed by atoms with Gasteiger partial charge in [-0.1, -0.05) is 171 Å². The molecule has 3 aromatic carbocycles. The molecule has 0 saturated carbocycles. The first-order chi connectivity index (χ1) is 51.5. The molecule has 3 aromatic rings. The third-order valence-electron chi connectivity index (χ3n) is 18.2. The quantitative estimate of drug-likeness (QED) is 0.0227. The van der Waals surface area contributed by atoms with Crippen LogP contribution in [0.2, 0.25) is 0 Å². The van der Waals surface area contributed by atoms with Crippen molar-refractivity contribution >= 4 is 40.5 Å². The molecule has 6 N–H and O–H groups in total. The van der Waals surface area contributed by atoms with Crippen LogP contribution >= 0.6 is 0 Å². The normalized spacial score (nSPS) is 11.0. The molecule has 624 valence electrons. The fourth-order valence-corrected chi connectivity index (χ4v) is 11.5. The van der Waals surface area contributed by atoms with Gasteiger partial charge in [-0.3, -0.25) is 33.6 Å². The van der Waals surface area contributed by atoms with Gasteiger partial charge >= 0.3 is 0 Å². The Morgan fingerprint density at radius 3 is 1.29 bits per heavy atom. The monoisotopic (exact) mass is 1520 g/mol. The van der Waals surface area contributed by atoms with Crippen LogP contribution < -0.4 is 55.6 Å². The highest BCUT2D eigenvalue weighted by Gasteiger charge is 2.22. The first-order valence-electron chi connectivity index (χ1n) is 41.5. The standard InChI is InChI=1S/C24H40O3.C18H28O3.C14H22N2O2.C14H27NO2.C11H24N2O.C8H17NO.CH4/c1-6-9-12-15-21-22(20(5)25)18-23(26-16-13-10-7-2)19(4)24(21)27-17-14-11-8-3;1-4-6-8-10-20-17-12-16(15(3)19)13-18(14-17)21-11-9-7-5-2;1-11(17)13-9-12(10-16-3)5-6-14(13)18-8-4-7-15-2;1-4-5-6-7-8-9-10-14(17)13(15-3)11-12(2)16;1-10(14)11(6-4-8-12-2)7-5-9-13-3;1-4-5-6-8(9-3)7(2)10;/h18H,6-17H2,1-5H3;12-14H,4-11H2,1-3H3;5-6,9,15-16H,4,7-8,10H2,1-3H3;13,15H,4-11H2,1-3H3;11-13H,4-9H2,1-3H3;8-9H,4-6H2,1-3H3;1H4/t;;;13-;;8-;/m...0.0./s1. The van der Waals surface area contributed by atoms with E-state index in [2.05, 4.69) is 87.3 Å². The Balaban J connectivity index is -0.000000614. The maximum atomic E-state index is 12.4. The van der Waals surface area contributed by atoms with Gasteiger partial charge < -0.3 is 55.6 Å². The van der Waals surface area contributed by atoms with Gasteiger partial charge in [-0.15, -0.1) is 0 Å². The minimum atomic E-state index is -0.275. The summed E-state index contributed by atoms with van der Waals surface area (Å²) in [5.74, 6) is 5.11. The minimum absolute atomic E-state index is 0. The van der Waals surface area contributed by atoms with E-state index >= 15 is 0 Å². The summed E-state index contributed by atoms with van der Waals surface area (Å²) >= 11 is 0. The molecule has 3 rings (SSSR count). The Morgan fingerprint density at radius 2 is 0.843 bits per heavy atom. The van der Waals surface area contributed by atoms with E-state index in [1.165, 1.54) is 71.1 Å². The van der Waals surface area contributed by atoms with Gasteiger partial charge in [-0.25, -0.2) is 0 Å². The summed E-state index contributed by atoms with van der Waals surface area (Å²) < 4.78 is 29.4. The molecule has 0 saturated heterocycles. The van der Waals surface area contributed by atoms with E-state index < -0.39 is 0 Å². The van der Waals surface area contributed by atoms with E-state index in [0.29, 0.717) is 68.5 Å². The van der Waals surface area contributed by atoms with Crippen molar-refractivity contribution in [3.05, 3.63) is 75.8 Å². The molecule has 2 atom stereocenters. The number of unbranched alkanes of at least 4 members (excludes halogenated alkanes) is 16. The van der Waals surface area contributed by atoms with Gasteiger partial charge in [0.05, 0.1) is 50.7 Å². The lowest BCUT2D eigenvalue weighted by Crippen LogP contribution is -2.35. The van der Waals surface area contributed by atoms with E-state index in [4.69, 9.17) is 23.7 Å². The zero-order chi connectivity index (χ0) is 80.8. The zero-order valence-electron chi connectivity index (χ0n) is 71.7. The number of ether oxygens (including phenoxy) is 5. The molecular weight excluding hydrogens is 1360 g/mol. The molecule has 108 heavy (non-hydrogen) atoms. The lowest BCUT2D eigenvalue weighted by atomic mass is 9.94. The molecule has 0 amide bonds. The molecule has 0 aliphatic heterocycles. The summed E-state index contributed by atoms with van der Waals surface area (Å²) in [4.78, 5) is 80.4. The topological polar surface area (TPSA) is 238 Å². The number of likely N-dealkylation sites (N-methyl/N-ethyl adjacent to an activating group) is 2. The van der Waals surface area contributed by atoms with Gasteiger partial charge in [0.1, 0.15) is 51.9 Å². The van der Waals surface area contributed by atoms with Crippen molar-refractivity contribution in [2.75, 3.05) is 95.0 Å². The molecule has 0 aliphatic rings. The lowest BCUT2D eigenvalue weighted by molar-refractivity contribution is -0.125. The van der Waals surface area contributed by atoms with Gasteiger partial charge in [-0.05, 0) is 230 Å². The first kappa shape index (κ1) is 108. The average Bonchev–Trinajstić information content (AvgIpc) is 0.794. The summed E-state index contributed by atoms with van der Waals surface area (Å²) in [5, 5.41) is 18.3. The first-order valence-corrected chi connectivity index (χ1v) is 41.5. The van der Waals surface area contributed by atoms with Crippen LogP contribution in [0.5, 0.6) is 28.7 Å². The second-order valence-electron chi connectivity index (χ2n) is 28.2. The van der Waals surface area contributed by atoms with Crippen LogP contribution in [0, 0.1) is 12.8 Å². The number of hydrogen-bond donors (Lipinski definition) is 6. The molecule has 18 heteroatoms. The molecule has 0 unspecified atom stereocenters. The SMILES string of the molecule is C.CCCCCCCCC(=O)[C@H](CC(C)=O)NC.CCCCCOc1cc(C(C)=O)c(CCCCC)c(OCCCCC)c1C.CCCCCOc1cc(OCCCCC)cc(C(C)=O)c1.CCCC[C@H](NC)C(C)=O.CNCCCC(CCCNC)C(C)=O.CNCCCOc1ccc(CNC)cc1C(C)=O. The average molecular weight is 1520 g/mol. The van der Waals surface area contributed by atoms with Gasteiger partial charge in [0.15, 0.2) is 17.3 Å². The van der Waals surface area contributed by atoms with Gasteiger partial charge in [0.2, 0.25) is 0 Å². The number of rotatable bonds is 59. The summed E-state index contributed by atoms with van der Waals surface area (Å²) in [6.07, 6.45) is 34.3. The maximum absolute atomic E-state index is 12.4. The van der Waals surface area contributed by atoms with Crippen LogP contribution in [0.4, 0.5) is 0 Å². The van der Waals surface area contributed by atoms with Gasteiger partial charge in [-0.2, -0.15) is 0 Å². The van der Waals surface area contributed by atoms with E-state index in [1.54, 1.807) is 53.8 Å². The number of carbonyl (C=O) groups is 7. The van der Waals surface area contributed by atoms with Crippen LogP contribution in [0.15, 0.2) is 42.5 Å². The molecule has 0 bridgehead atoms. The molecule has 0 spiro atoms. The lowest BCUT2D eigenvalue weighted by Gasteiger charge is -2.20. The van der Waals surface area contributed by atoms with Crippen LogP contribution in [-0.4, -0.2) is 148 Å². The summed E-state index contributed by atoms with van der Waals surface area (Å²) in [7, 11) is 11.3. The Labute approximate surface area is 660 Å². The molecule has 0 radical (unpaired) electrons. The number of ketones is 7. The Hall–Kier alpha value is -5.89. The van der Waals surface area contributed by atoms with Crippen molar-refractivity contribution in [3.8, 4) is 28.7 Å². The predicted molar refractivity (Wildman–Crippen MR) is 456 cm³/mol. The number of nitrogens with one attached hydrogen (secondary N) is 6. The Bertz CT molecular complexity index is 2720. The molecule has 0 aliphatic carbocycles. The number of Topliss-reactive ketones (excluding diaryl/α,β-unsaturated/α-hetero) is 7. The third-order valence-corrected chi connectivity index (χ3v) is 18.2. The van der Waals surface area contributed by atoms with Crippen molar-refractivity contribution in [2.24, 2.45) is 5.92 Å². The van der Waals surface area contributed by atoms with Crippen LogP contribution in [-0.2, 0) is 32.1 Å². The molecule has 0 aromatic heterocycles. The van der Waals surface area contributed by atoms with Crippen LogP contribution in [0.3, 0.4) is 0 Å². The second-order valence-corrected chi connectivity index (χ2v) is 28.2. The Kier molecular flexibility index (Phi) is 75.5. The molecular formula is C90H162N6O12. The maximum Gasteiger partial charge on any atom is 0.163 e. The van der Waals surface area contributed by atoms with Crippen LogP contribution in [0.25, 0.3) is 0 Å². The predicted octanol–water partition coefficient (Wildman–Crippen LogP) is 19.7. The second kappa shape index (κ2) is 75.2. The largest absolute Gasteiger partial charge is 0.493 e. The summed E-state index contributed by atoms with van der Waals surface area (Å²) in [6.45, 7) is 34.0. The third kappa shape index (κ3) is 57.2. The fraction of sp³-hybridized carbons (Fsp3) is 0.722.